The van der Waals surface area contributed by atoms with Crippen molar-refractivity contribution < 1.29 is 0 Å². The van der Waals surface area contributed by atoms with Crippen LogP contribution in [0.2, 0.25) is 0 Å². The summed E-state index contributed by atoms with van der Waals surface area (Å²) in [5.41, 5.74) is 0. The van der Waals surface area contributed by atoms with Crippen molar-refractivity contribution in [3.05, 3.63) is 24.3 Å². The summed E-state index contributed by atoms with van der Waals surface area (Å²) in [6.45, 7) is 12.5. The van der Waals surface area contributed by atoms with E-state index in [2.05, 4.69) is 48.0 Å². The van der Waals surface area contributed by atoms with Crippen molar-refractivity contribution >= 4 is 0 Å². The second-order valence-electron chi connectivity index (χ2n) is 11.4. The van der Waals surface area contributed by atoms with E-state index in [1.807, 2.05) is 0 Å². The lowest BCUT2D eigenvalue weighted by atomic mass is 10.1. The molecule has 36 heavy (non-hydrogen) atoms. The van der Waals surface area contributed by atoms with Crippen molar-refractivity contribution in [3.63, 3.8) is 0 Å². The van der Waals surface area contributed by atoms with E-state index in [-0.39, 0.29) is 0 Å². The standard InChI is InChI=1S/C34H66N2/c1-3-5-7-9-11-13-14-15-16-17-18-19-20-22-24-26-30-35(33-34-36-31-27-28-32-36)29-25-23-21-12-10-8-6-4-2/h11,13,15-16H,3-10,12,14,17-34H2,1-2H3/b13-11+,16-15+. The van der Waals surface area contributed by atoms with Crippen molar-refractivity contribution in [2.75, 3.05) is 39.3 Å². The Hall–Kier alpha value is -0.600. The van der Waals surface area contributed by atoms with Crippen molar-refractivity contribution in [3.8, 4) is 0 Å². The summed E-state index contributed by atoms with van der Waals surface area (Å²) in [4.78, 5) is 5.50. The summed E-state index contributed by atoms with van der Waals surface area (Å²) in [5.74, 6) is 0. The van der Waals surface area contributed by atoms with Gasteiger partial charge in [0.2, 0.25) is 0 Å². The van der Waals surface area contributed by atoms with Gasteiger partial charge in [0.25, 0.3) is 0 Å². The van der Waals surface area contributed by atoms with Crippen LogP contribution >= 0.6 is 0 Å². The summed E-state index contributed by atoms with van der Waals surface area (Å²) in [7, 11) is 0. The minimum Gasteiger partial charge on any atom is -0.302 e. The topological polar surface area (TPSA) is 6.48 Å². The van der Waals surface area contributed by atoms with Gasteiger partial charge in [-0.1, -0.05) is 122 Å². The summed E-state index contributed by atoms with van der Waals surface area (Å²) in [5, 5.41) is 0. The molecule has 0 saturated carbocycles. The van der Waals surface area contributed by atoms with Crippen LogP contribution in [0, 0.1) is 0 Å². The first-order chi connectivity index (χ1) is 17.9. The minimum atomic E-state index is 1.12. The van der Waals surface area contributed by atoms with Gasteiger partial charge in [-0.15, -0.1) is 0 Å². The molecule has 0 unspecified atom stereocenters. The highest BCUT2D eigenvalue weighted by Gasteiger charge is 2.13. The van der Waals surface area contributed by atoms with Gasteiger partial charge in [-0.2, -0.15) is 0 Å². The summed E-state index contributed by atoms with van der Waals surface area (Å²) < 4.78 is 0. The van der Waals surface area contributed by atoms with Crippen molar-refractivity contribution in [2.24, 2.45) is 0 Å². The molecular weight excluding hydrogens is 436 g/mol. The number of nitrogens with zero attached hydrogens (tertiary/aromatic N) is 2. The molecule has 1 heterocycles. The van der Waals surface area contributed by atoms with Gasteiger partial charge < -0.3 is 9.80 Å². The van der Waals surface area contributed by atoms with Gasteiger partial charge in [0, 0.05) is 13.1 Å². The van der Waals surface area contributed by atoms with Gasteiger partial charge in [0.05, 0.1) is 0 Å². The molecule has 0 aliphatic carbocycles. The van der Waals surface area contributed by atoms with Crippen LogP contribution in [0.4, 0.5) is 0 Å². The number of hydrogen-bond acceptors (Lipinski definition) is 2. The molecule has 0 spiro atoms. The maximum absolute atomic E-state index is 2.80. The van der Waals surface area contributed by atoms with Crippen molar-refractivity contribution in [1.82, 2.24) is 9.80 Å². The zero-order valence-electron chi connectivity index (χ0n) is 25.0. The Morgan fingerprint density at radius 3 is 1.50 bits per heavy atom. The van der Waals surface area contributed by atoms with E-state index in [1.165, 1.54) is 174 Å². The first kappa shape index (κ1) is 33.4. The molecule has 2 nitrogen and oxygen atoms in total. The highest BCUT2D eigenvalue weighted by Crippen LogP contribution is 2.12. The van der Waals surface area contributed by atoms with Crippen LogP contribution in [0.1, 0.15) is 155 Å². The molecule has 0 amide bonds. The molecule has 0 bridgehead atoms. The summed E-state index contributed by atoms with van der Waals surface area (Å²) in [6.07, 6.45) is 40.0. The highest BCUT2D eigenvalue weighted by atomic mass is 15.2. The Balaban J connectivity index is 2.02. The highest BCUT2D eigenvalue weighted by molar-refractivity contribution is 4.92. The number of unbranched alkanes of at least 4 members (excludes halogenated alkanes) is 16. The van der Waals surface area contributed by atoms with Gasteiger partial charge in [-0.3, -0.25) is 0 Å². The van der Waals surface area contributed by atoms with Gasteiger partial charge in [0.1, 0.15) is 0 Å². The van der Waals surface area contributed by atoms with Crippen LogP contribution in [0.5, 0.6) is 0 Å². The van der Waals surface area contributed by atoms with Crippen LogP contribution < -0.4 is 0 Å². The molecule has 1 aliphatic heterocycles. The molecule has 2 heteroatoms. The first-order valence-electron chi connectivity index (χ1n) is 16.6. The van der Waals surface area contributed by atoms with Crippen molar-refractivity contribution in [1.29, 1.82) is 0 Å². The Morgan fingerprint density at radius 2 is 0.944 bits per heavy atom. The number of hydrogen-bond donors (Lipinski definition) is 0. The molecule has 0 N–H and O–H groups in total. The van der Waals surface area contributed by atoms with Gasteiger partial charge in [-0.25, -0.2) is 0 Å². The van der Waals surface area contributed by atoms with Gasteiger partial charge in [-0.05, 0) is 84.0 Å². The second kappa shape index (κ2) is 27.4. The minimum absolute atomic E-state index is 1.12. The zero-order chi connectivity index (χ0) is 25.8. The molecule has 0 atom stereocenters. The van der Waals surface area contributed by atoms with Crippen LogP contribution in [-0.4, -0.2) is 49.1 Å². The molecule has 1 fully saturated rings. The maximum Gasteiger partial charge on any atom is 0.0109 e. The molecule has 0 aromatic rings. The Morgan fingerprint density at radius 1 is 0.500 bits per heavy atom. The molecular formula is C34H66N2. The molecule has 1 saturated heterocycles. The van der Waals surface area contributed by atoms with Crippen molar-refractivity contribution in [2.45, 2.75) is 155 Å². The smallest absolute Gasteiger partial charge is 0.0109 e. The summed E-state index contributed by atoms with van der Waals surface area (Å²) in [6, 6.07) is 0. The Kier molecular flexibility index (Phi) is 25.5. The molecule has 1 aliphatic rings. The van der Waals surface area contributed by atoms with E-state index in [4.69, 9.17) is 0 Å². The second-order valence-corrected chi connectivity index (χ2v) is 11.4. The normalized spacial score (nSPS) is 14.9. The fourth-order valence-corrected chi connectivity index (χ4v) is 5.42. The van der Waals surface area contributed by atoms with Crippen LogP contribution in [0.15, 0.2) is 24.3 Å². The Labute approximate surface area is 228 Å². The predicted molar refractivity (Wildman–Crippen MR) is 164 cm³/mol. The van der Waals surface area contributed by atoms with E-state index in [0.717, 1.165) is 6.42 Å². The molecule has 0 radical (unpaired) electrons. The predicted octanol–water partition coefficient (Wildman–Crippen LogP) is 10.3. The fraction of sp³-hybridized carbons (Fsp3) is 0.882. The van der Waals surface area contributed by atoms with Gasteiger partial charge >= 0.3 is 0 Å². The van der Waals surface area contributed by atoms with E-state index in [9.17, 15) is 0 Å². The van der Waals surface area contributed by atoms with E-state index >= 15 is 0 Å². The van der Waals surface area contributed by atoms with Crippen LogP contribution in [0.25, 0.3) is 0 Å². The fourth-order valence-electron chi connectivity index (χ4n) is 5.42. The monoisotopic (exact) mass is 503 g/mol. The molecule has 0 aromatic carbocycles. The third-order valence-electron chi connectivity index (χ3n) is 7.93. The largest absolute Gasteiger partial charge is 0.302 e. The molecule has 0 aromatic heterocycles. The Bertz CT molecular complexity index is 478. The van der Waals surface area contributed by atoms with Gasteiger partial charge in [0.15, 0.2) is 0 Å². The van der Waals surface area contributed by atoms with Crippen LogP contribution in [-0.2, 0) is 0 Å². The third-order valence-corrected chi connectivity index (χ3v) is 7.93. The van der Waals surface area contributed by atoms with E-state index < -0.39 is 0 Å². The van der Waals surface area contributed by atoms with E-state index in [0.29, 0.717) is 0 Å². The maximum atomic E-state index is 2.80. The number of rotatable bonds is 27. The zero-order valence-corrected chi connectivity index (χ0v) is 25.0. The number of allylic oxidation sites excluding steroid dienone is 4. The van der Waals surface area contributed by atoms with E-state index in [1.54, 1.807) is 0 Å². The average Bonchev–Trinajstić information content (AvgIpc) is 3.41. The molecule has 1 rings (SSSR count). The quantitative estimate of drug-likeness (QED) is 0.0814. The SMILES string of the molecule is CCCCC/C=C/C/C=C/CCCCCCCCN(CCCCCCCCCC)CCN1CCCC1. The lowest BCUT2D eigenvalue weighted by Gasteiger charge is -2.25. The first-order valence-corrected chi connectivity index (χ1v) is 16.6. The summed E-state index contributed by atoms with van der Waals surface area (Å²) >= 11 is 0. The third kappa shape index (κ3) is 22.6. The average molecular weight is 503 g/mol. The lowest BCUT2D eigenvalue weighted by molar-refractivity contribution is 0.217. The molecule has 212 valence electrons. The lowest BCUT2D eigenvalue weighted by Crippen LogP contribution is -2.35. The van der Waals surface area contributed by atoms with Crippen LogP contribution in [0.3, 0.4) is 0 Å². The number of likely N-dealkylation sites (tertiary alicyclic amines) is 1.